The summed E-state index contributed by atoms with van der Waals surface area (Å²) in [6.45, 7) is 9.57. The molecule has 1 aromatic carbocycles. The van der Waals surface area contributed by atoms with Crippen molar-refractivity contribution in [1.29, 1.82) is 0 Å². The second-order valence-corrected chi connectivity index (χ2v) is 8.28. The third kappa shape index (κ3) is 6.86. The van der Waals surface area contributed by atoms with Gasteiger partial charge in [0, 0.05) is 13.1 Å². The maximum absolute atomic E-state index is 12.1. The van der Waals surface area contributed by atoms with Gasteiger partial charge in [0.2, 0.25) is 5.91 Å². The first kappa shape index (κ1) is 21.2. The fourth-order valence-electron chi connectivity index (χ4n) is 3.43. The summed E-state index contributed by atoms with van der Waals surface area (Å²) >= 11 is 0. The van der Waals surface area contributed by atoms with Gasteiger partial charge in [-0.25, -0.2) is 0 Å². The molecule has 0 radical (unpaired) electrons. The number of piperidine rings is 1. The number of ether oxygens (including phenoxy) is 1. The van der Waals surface area contributed by atoms with Crippen molar-refractivity contribution < 1.29 is 14.3 Å². The quantitative estimate of drug-likeness (QED) is 0.681. The van der Waals surface area contributed by atoms with Gasteiger partial charge < -0.3 is 20.7 Å². The van der Waals surface area contributed by atoms with Crippen molar-refractivity contribution in [1.82, 2.24) is 10.2 Å². The number of carbonyl (C=O) groups excluding carboxylic acids is 2. The van der Waals surface area contributed by atoms with Crippen molar-refractivity contribution in [2.75, 3.05) is 32.8 Å². The lowest BCUT2D eigenvalue weighted by Crippen LogP contribution is -2.42. The highest BCUT2D eigenvalue weighted by atomic mass is 16.5. The molecule has 1 aliphatic heterocycles. The summed E-state index contributed by atoms with van der Waals surface area (Å²) in [6.07, 6.45) is 2.73. The Hall–Kier alpha value is -2.08. The number of hydrogen-bond donors (Lipinski definition) is 2. The number of nitrogens with zero attached hydrogens (tertiary/aromatic N) is 1. The van der Waals surface area contributed by atoms with Gasteiger partial charge in [0.15, 0.2) is 6.61 Å². The molecular weight excluding hydrogens is 342 g/mol. The fourth-order valence-corrected chi connectivity index (χ4v) is 3.43. The van der Waals surface area contributed by atoms with E-state index in [-0.39, 0.29) is 29.8 Å². The van der Waals surface area contributed by atoms with Gasteiger partial charge in [-0.2, -0.15) is 0 Å². The normalized spacial score (nSPS) is 18.1. The van der Waals surface area contributed by atoms with Crippen LogP contribution in [0.5, 0.6) is 5.75 Å². The zero-order valence-electron chi connectivity index (χ0n) is 16.8. The average molecular weight is 376 g/mol. The Morgan fingerprint density at radius 1 is 1.30 bits per heavy atom. The van der Waals surface area contributed by atoms with Gasteiger partial charge in [-0.1, -0.05) is 39.0 Å². The Balaban J connectivity index is 1.68. The lowest BCUT2D eigenvalue weighted by molar-refractivity contribution is -0.123. The van der Waals surface area contributed by atoms with Gasteiger partial charge in [-0.15, -0.1) is 0 Å². The zero-order valence-corrected chi connectivity index (χ0v) is 16.8. The minimum absolute atomic E-state index is 0.0144. The maximum Gasteiger partial charge on any atom is 0.257 e. The minimum Gasteiger partial charge on any atom is -0.483 e. The van der Waals surface area contributed by atoms with E-state index in [0.717, 1.165) is 50.2 Å². The smallest absolute Gasteiger partial charge is 0.257 e. The van der Waals surface area contributed by atoms with E-state index in [0.29, 0.717) is 6.54 Å². The van der Waals surface area contributed by atoms with E-state index in [1.807, 2.05) is 24.3 Å². The lowest BCUT2D eigenvalue weighted by atomic mass is 9.86. The minimum atomic E-state index is -0.208. The summed E-state index contributed by atoms with van der Waals surface area (Å²) in [6, 6.07) is 7.84. The molecule has 0 saturated carbocycles. The zero-order chi connectivity index (χ0) is 19.9. The van der Waals surface area contributed by atoms with Crippen molar-refractivity contribution in [3.05, 3.63) is 29.8 Å². The fraction of sp³-hybridized carbons (Fsp3) is 0.619. The summed E-state index contributed by atoms with van der Waals surface area (Å²) in [5.41, 5.74) is 6.46. The second-order valence-electron chi connectivity index (χ2n) is 8.28. The number of nitrogens with one attached hydrogen (secondary N) is 1. The molecule has 0 aromatic heterocycles. The largest absolute Gasteiger partial charge is 0.483 e. The number of carbonyl (C=O) groups is 2. The van der Waals surface area contributed by atoms with Gasteiger partial charge in [0.25, 0.3) is 5.91 Å². The number of likely N-dealkylation sites (tertiary alicyclic amines) is 1. The van der Waals surface area contributed by atoms with Gasteiger partial charge in [0.05, 0.1) is 5.92 Å². The second kappa shape index (κ2) is 9.74. The molecule has 1 fully saturated rings. The first-order valence-corrected chi connectivity index (χ1v) is 9.78. The van der Waals surface area contributed by atoms with Crippen LogP contribution >= 0.6 is 0 Å². The molecule has 27 heavy (non-hydrogen) atoms. The number of benzene rings is 1. The highest BCUT2D eigenvalue weighted by Gasteiger charge is 2.23. The summed E-state index contributed by atoms with van der Waals surface area (Å²) < 4.78 is 5.74. The Morgan fingerprint density at radius 3 is 2.74 bits per heavy atom. The topological polar surface area (TPSA) is 84.7 Å². The molecule has 2 amide bonds. The van der Waals surface area contributed by atoms with E-state index < -0.39 is 0 Å². The SMILES string of the molecule is CC(C)(C)c1ccccc1OCC(=O)NCCCN1CCCC(C(N)=O)C1. The van der Waals surface area contributed by atoms with Gasteiger partial charge in [0.1, 0.15) is 5.75 Å². The number of amides is 2. The first-order valence-electron chi connectivity index (χ1n) is 9.78. The van der Waals surface area contributed by atoms with Crippen LogP contribution in [-0.2, 0) is 15.0 Å². The Labute approximate surface area is 162 Å². The number of hydrogen-bond acceptors (Lipinski definition) is 4. The molecule has 0 bridgehead atoms. The van der Waals surface area contributed by atoms with Crippen LogP contribution in [0.1, 0.15) is 45.6 Å². The van der Waals surface area contributed by atoms with Crippen molar-refractivity contribution >= 4 is 11.8 Å². The van der Waals surface area contributed by atoms with Crippen molar-refractivity contribution in [3.63, 3.8) is 0 Å². The number of primary amides is 1. The monoisotopic (exact) mass is 375 g/mol. The van der Waals surface area contributed by atoms with Crippen molar-refractivity contribution in [3.8, 4) is 5.75 Å². The van der Waals surface area contributed by atoms with Crippen LogP contribution in [0.3, 0.4) is 0 Å². The van der Waals surface area contributed by atoms with Crippen molar-refractivity contribution in [2.45, 2.75) is 45.4 Å². The van der Waals surface area contributed by atoms with E-state index in [4.69, 9.17) is 10.5 Å². The van der Waals surface area contributed by atoms with Crippen LogP contribution < -0.4 is 15.8 Å². The van der Waals surface area contributed by atoms with Crippen LogP contribution in [0, 0.1) is 5.92 Å². The van der Waals surface area contributed by atoms with Crippen LogP contribution in [0.4, 0.5) is 0 Å². The standard InChI is InChI=1S/C21H33N3O3/c1-21(2,3)17-9-4-5-10-18(17)27-15-19(25)23-11-7-13-24-12-6-8-16(14-24)20(22)26/h4-5,9-10,16H,6-8,11-15H2,1-3H3,(H2,22,26)(H,23,25). The van der Waals surface area contributed by atoms with Crippen LogP contribution in [-0.4, -0.2) is 49.5 Å². The summed E-state index contributed by atoms with van der Waals surface area (Å²) in [7, 11) is 0. The predicted molar refractivity (Wildman–Crippen MR) is 107 cm³/mol. The maximum atomic E-state index is 12.1. The van der Waals surface area contributed by atoms with Crippen LogP contribution in [0.25, 0.3) is 0 Å². The van der Waals surface area contributed by atoms with E-state index in [1.165, 1.54) is 0 Å². The van der Waals surface area contributed by atoms with Crippen LogP contribution in [0.15, 0.2) is 24.3 Å². The molecule has 0 spiro atoms. The highest BCUT2D eigenvalue weighted by Crippen LogP contribution is 2.30. The summed E-state index contributed by atoms with van der Waals surface area (Å²) in [4.78, 5) is 25.6. The summed E-state index contributed by atoms with van der Waals surface area (Å²) in [5, 5.41) is 2.90. The van der Waals surface area contributed by atoms with Gasteiger partial charge in [-0.3, -0.25) is 9.59 Å². The predicted octanol–water partition coefficient (Wildman–Crippen LogP) is 2.07. The molecule has 1 heterocycles. The molecule has 1 aliphatic rings. The van der Waals surface area contributed by atoms with Crippen molar-refractivity contribution in [2.24, 2.45) is 11.7 Å². The molecule has 1 aromatic rings. The van der Waals surface area contributed by atoms with E-state index in [9.17, 15) is 9.59 Å². The van der Waals surface area contributed by atoms with Crippen LogP contribution in [0.2, 0.25) is 0 Å². The Bertz CT molecular complexity index is 640. The molecule has 0 aliphatic carbocycles. The molecule has 1 atom stereocenters. The molecule has 150 valence electrons. The average Bonchev–Trinajstić information content (AvgIpc) is 2.63. The number of nitrogens with two attached hydrogens (primary N) is 1. The van der Waals surface area contributed by atoms with E-state index in [1.54, 1.807) is 0 Å². The molecule has 1 saturated heterocycles. The summed E-state index contributed by atoms with van der Waals surface area (Å²) in [5.74, 6) is 0.392. The van der Waals surface area contributed by atoms with E-state index >= 15 is 0 Å². The molecule has 6 nitrogen and oxygen atoms in total. The molecule has 1 unspecified atom stereocenters. The molecule has 2 rings (SSSR count). The molecular formula is C21H33N3O3. The number of rotatable bonds is 8. The third-order valence-electron chi connectivity index (χ3n) is 4.94. The van der Waals surface area contributed by atoms with E-state index in [2.05, 4.69) is 31.0 Å². The lowest BCUT2D eigenvalue weighted by Gasteiger charge is -2.31. The number of para-hydroxylation sites is 1. The Morgan fingerprint density at radius 2 is 2.04 bits per heavy atom. The highest BCUT2D eigenvalue weighted by molar-refractivity contribution is 5.77. The Kier molecular flexibility index (Phi) is 7.66. The molecule has 6 heteroatoms. The van der Waals surface area contributed by atoms with Gasteiger partial charge in [-0.05, 0) is 49.4 Å². The molecule has 3 N–H and O–H groups in total. The third-order valence-corrected chi connectivity index (χ3v) is 4.94. The van der Waals surface area contributed by atoms with Gasteiger partial charge >= 0.3 is 0 Å². The first-order chi connectivity index (χ1) is 12.8.